The molecule has 0 unspecified atom stereocenters. The molecule has 1 fully saturated rings. The van der Waals surface area contributed by atoms with E-state index in [9.17, 15) is 14.0 Å². The molecule has 1 aliphatic carbocycles. The van der Waals surface area contributed by atoms with Gasteiger partial charge in [0.2, 0.25) is 0 Å². The highest BCUT2D eigenvalue weighted by atomic mass is 19.1. The van der Waals surface area contributed by atoms with Gasteiger partial charge in [0.15, 0.2) is 0 Å². The van der Waals surface area contributed by atoms with Gasteiger partial charge < -0.3 is 16.4 Å². The summed E-state index contributed by atoms with van der Waals surface area (Å²) in [5.74, 6) is -1.03. The largest absolute Gasteiger partial charge is 0.398 e. The van der Waals surface area contributed by atoms with Gasteiger partial charge in [0.1, 0.15) is 5.82 Å². The second kappa shape index (κ2) is 7.84. The predicted molar refractivity (Wildman–Crippen MR) is 109 cm³/mol. The van der Waals surface area contributed by atoms with Crippen molar-refractivity contribution in [2.45, 2.75) is 32.7 Å². The SMILES string of the molecule is C=C(C)CNC(=O)c1ccc(-c2cc(C(=O)NC3CC3)cc(F)c2C)c(N)c1. The van der Waals surface area contributed by atoms with Crippen molar-refractivity contribution in [3.63, 3.8) is 0 Å². The monoisotopic (exact) mass is 381 g/mol. The summed E-state index contributed by atoms with van der Waals surface area (Å²) in [6, 6.07) is 7.93. The summed E-state index contributed by atoms with van der Waals surface area (Å²) >= 11 is 0. The van der Waals surface area contributed by atoms with Crippen LogP contribution in [0.25, 0.3) is 11.1 Å². The number of anilines is 1. The fourth-order valence-corrected chi connectivity index (χ4v) is 2.87. The van der Waals surface area contributed by atoms with Gasteiger partial charge in [0.05, 0.1) is 0 Å². The Morgan fingerprint density at radius 1 is 1.14 bits per heavy atom. The van der Waals surface area contributed by atoms with E-state index in [4.69, 9.17) is 5.73 Å². The smallest absolute Gasteiger partial charge is 0.251 e. The van der Waals surface area contributed by atoms with E-state index in [1.165, 1.54) is 6.07 Å². The fraction of sp³-hybridized carbons (Fsp3) is 0.273. The molecule has 2 aromatic carbocycles. The van der Waals surface area contributed by atoms with Gasteiger partial charge in [-0.3, -0.25) is 9.59 Å². The molecule has 2 aromatic rings. The van der Waals surface area contributed by atoms with Crippen LogP contribution in [-0.2, 0) is 0 Å². The van der Waals surface area contributed by atoms with Crippen molar-refractivity contribution in [3.05, 3.63) is 65.0 Å². The Kier molecular flexibility index (Phi) is 5.49. The van der Waals surface area contributed by atoms with Crippen LogP contribution in [0.15, 0.2) is 42.5 Å². The lowest BCUT2D eigenvalue weighted by molar-refractivity contribution is 0.0945. The normalized spacial score (nSPS) is 13.1. The maximum Gasteiger partial charge on any atom is 0.251 e. The minimum absolute atomic E-state index is 0.183. The average molecular weight is 381 g/mol. The minimum Gasteiger partial charge on any atom is -0.398 e. The number of amides is 2. The van der Waals surface area contributed by atoms with E-state index in [0.717, 1.165) is 18.4 Å². The fourth-order valence-electron chi connectivity index (χ4n) is 2.87. The van der Waals surface area contributed by atoms with E-state index < -0.39 is 5.82 Å². The Balaban J connectivity index is 1.91. The minimum atomic E-state index is -0.471. The predicted octanol–water partition coefficient (Wildman–Crippen LogP) is 3.58. The van der Waals surface area contributed by atoms with E-state index in [0.29, 0.717) is 34.5 Å². The van der Waals surface area contributed by atoms with Crippen LogP contribution in [0.3, 0.4) is 0 Å². The molecular formula is C22H24FN3O2. The zero-order valence-corrected chi connectivity index (χ0v) is 16.1. The summed E-state index contributed by atoms with van der Waals surface area (Å²) in [6.45, 7) is 7.58. The van der Waals surface area contributed by atoms with E-state index in [1.54, 1.807) is 31.2 Å². The molecule has 3 rings (SSSR count). The molecule has 4 N–H and O–H groups in total. The van der Waals surface area contributed by atoms with Gasteiger partial charge in [-0.1, -0.05) is 18.2 Å². The second-order valence-corrected chi connectivity index (χ2v) is 7.32. The topological polar surface area (TPSA) is 84.2 Å². The van der Waals surface area contributed by atoms with Crippen molar-refractivity contribution >= 4 is 17.5 Å². The van der Waals surface area contributed by atoms with Crippen molar-refractivity contribution in [1.29, 1.82) is 0 Å². The third-order valence-corrected chi connectivity index (χ3v) is 4.67. The van der Waals surface area contributed by atoms with Crippen LogP contribution in [0.1, 0.15) is 46.0 Å². The zero-order chi connectivity index (χ0) is 20.4. The van der Waals surface area contributed by atoms with Gasteiger partial charge in [-0.15, -0.1) is 0 Å². The summed E-state index contributed by atoms with van der Waals surface area (Å²) in [6.07, 6.45) is 1.91. The van der Waals surface area contributed by atoms with E-state index >= 15 is 0 Å². The third kappa shape index (κ3) is 4.39. The number of nitrogen functional groups attached to an aromatic ring is 1. The molecule has 0 radical (unpaired) electrons. The molecule has 0 heterocycles. The van der Waals surface area contributed by atoms with Gasteiger partial charge in [-0.05, 0) is 62.1 Å². The lowest BCUT2D eigenvalue weighted by atomic mass is 9.95. The standard InChI is InChI=1S/C22H24FN3O2/c1-12(2)11-25-21(27)14-4-7-17(20(24)10-14)18-8-15(9-19(23)13(18)3)22(28)26-16-5-6-16/h4,7-10,16H,1,5-6,11,24H2,2-3H3,(H,25,27)(H,26,28). The summed E-state index contributed by atoms with van der Waals surface area (Å²) in [5, 5.41) is 5.61. The number of nitrogens with two attached hydrogens (primary N) is 1. The Bertz CT molecular complexity index is 964. The Morgan fingerprint density at radius 3 is 2.46 bits per heavy atom. The molecule has 1 aliphatic rings. The number of carbonyl (C=O) groups is 2. The molecule has 0 atom stereocenters. The Hall–Kier alpha value is -3.15. The molecule has 146 valence electrons. The maximum atomic E-state index is 14.5. The number of rotatable bonds is 6. The number of hydrogen-bond acceptors (Lipinski definition) is 3. The number of benzene rings is 2. The van der Waals surface area contributed by atoms with Crippen LogP contribution in [0.5, 0.6) is 0 Å². The van der Waals surface area contributed by atoms with Crippen LogP contribution < -0.4 is 16.4 Å². The zero-order valence-electron chi connectivity index (χ0n) is 16.1. The van der Waals surface area contributed by atoms with Crippen molar-refractivity contribution < 1.29 is 14.0 Å². The van der Waals surface area contributed by atoms with Crippen molar-refractivity contribution in [2.24, 2.45) is 0 Å². The summed E-state index contributed by atoms with van der Waals surface area (Å²) < 4.78 is 14.5. The van der Waals surface area contributed by atoms with Gasteiger partial charge in [-0.25, -0.2) is 4.39 Å². The number of carbonyl (C=O) groups excluding carboxylic acids is 2. The molecular weight excluding hydrogens is 357 g/mol. The van der Waals surface area contributed by atoms with Gasteiger partial charge >= 0.3 is 0 Å². The van der Waals surface area contributed by atoms with Gasteiger partial charge in [-0.2, -0.15) is 0 Å². The molecule has 0 saturated heterocycles. The highest BCUT2D eigenvalue weighted by molar-refractivity contribution is 5.98. The molecule has 2 amide bonds. The Labute approximate surface area is 163 Å². The van der Waals surface area contributed by atoms with Gasteiger partial charge in [0, 0.05) is 35.0 Å². The molecule has 5 nitrogen and oxygen atoms in total. The van der Waals surface area contributed by atoms with E-state index in [-0.39, 0.29) is 23.4 Å². The molecule has 0 aromatic heterocycles. The summed E-state index contributed by atoms with van der Waals surface area (Å²) in [5.41, 5.74) is 9.51. The first kappa shape index (κ1) is 19.6. The molecule has 6 heteroatoms. The molecule has 0 aliphatic heterocycles. The molecule has 0 bridgehead atoms. The summed E-state index contributed by atoms with van der Waals surface area (Å²) in [7, 11) is 0. The van der Waals surface area contributed by atoms with Crippen LogP contribution in [-0.4, -0.2) is 24.4 Å². The van der Waals surface area contributed by atoms with Crippen LogP contribution in [0.2, 0.25) is 0 Å². The maximum absolute atomic E-state index is 14.5. The molecule has 28 heavy (non-hydrogen) atoms. The highest BCUT2D eigenvalue weighted by Crippen LogP contribution is 2.32. The number of hydrogen-bond donors (Lipinski definition) is 3. The lowest BCUT2D eigenvalue weighted by Crippen LogP contribution is -2.25. The van der Waals surface area contributed by atoms with Crippen molar-refractivity contribution in [3.8, 4) is 11.1 Å². The first-order valence-electron chi connectivity index (χ1n) is 9.19. The van der Waals surface area contributed by atoms with Crippen molar-refractivity contribution in [1.82, 2.24) is 10.6 Å². The van der Waals surface area contributed by atoms with Gasteiger partial charge in [0.25, 0.3) is 11.8 Å². The highest BCUT2D eigenvalue weighted by Gasteiger charge is 2.25. The number of halogens is 1. The van der Waals surface area contributed by atoms with Crippen molar-refractivity contribution in [2.75, 3.05) is 12.3 Å². The number of nitrogens with one attached hydrogen (secondary N) is 2. The second-order valence-electron chi connectivity index (χ2n) is 7.32. The third-order valence-electron chi connectivity index (χ3n) is 4.67. The first-order valence-corrected chi connectivity index (χ1v) is 9.19. The Morgan fingerprint density at radius 2 is 1.86 bits per heavy atom. The van der Waals surface area contributed by atoms with Crippen LogP contribution in [0.4, 0.5) is 10.1 Å². The first-order chi connectivity index (χ1) is 13.3. The van der Waals surface area contributed by atoms with E-state index in [2.05, 4.69) is 17.2 Å². The lowest BCUT2D eigenvalue weighted by Gasteiger charge is -2.14. The molecule has 0 spiro atoms. The molecule has 1 saturated carbocycles. The van der Waals surface area contributed by atoms with Crippen LogP contribution >= 0.6 is 0 Å². The summed E-state index contributed by atoms with van der Waals surface area (Å²) in [4.78, 5) is 24.5. The van der Waals surface area contributed by atoms with E-state index in [1.807, 2.05) is 6.92 Å². The quantitative estimate of drug-likeness (QED) is 0.528. The average Bonchev–Trinajstić information content (AvgIpc) is 3.46. The van der Waals surface area contributed by atoms with Crippen LogP contribution in [0, 0.1) is 12.7 Å².